The van der Waals surface area contributed by atoms with Crippen LogP contribution in [0.4, 0.5) is 11.6 Å². The summed E-state index contributed by atoms with van der Waals surface area (Å²) in [7, 11) is 1.63. The van der Waals surface area contributed by atoms with Crippen LogP contribution in [0.1, 0.15) is 30.0 Å². The van der Waals surface area contributed by atoms with Gasteiger partial charge in [-0.3, -0.25) is 4.79 Å². The van der Waals surface area contributed by atoms with Crippen LogP contribution in [0.2, 0.25) is 0 Å². The van der Waals surface area contributed by atoms with Gasteiger partial charge in [0.2, 0.25) is 12.3 Å². The lowest BCUT2D eigenvalue weighted by Crippen LogP contribution is -2.04. The van der Waals surface area contributed by atoms with Crippen molar-refractivity contribution in [3.05, 3.63) is 60.4 Å². The van der Waals surface area contributed by atoms with Gasteiger partial charge in [-0.15, -0.1) is 0 Å². The van der Waals surface area contributed by atoms with Gasteiger partial charge in [0, 0.05) is 35.8 Å². The van der Waals surface area contributed by atoms with E-state index in [1.165, 1.54) is 24.7 Å². The Bertz CT molecular complexity index is 1250. The van der Waals surface area contributed by atoms with Crippen molar-refractivity contribution >= 4 is 23.7 Å². The molecule has 9 nitrogen and oxygen atoms in total. The van der Waals surface area contributed by atoms with Crippen LogP contribution in [0.3, 0.4) is 0 Å². The van der Waals surface area contributed by atoms with Gasteiger partial charge in [-0.05, 0) is 42.5 Å². The number of carbonyl (C=O) groups excluding carboxylic acids is 1. The number of rotatable bonds is 8. The smallest absolute Gasteiger partial charge is 0.221 e. The van der Waals surface area contributed by atoms with E-state index in [9.17, 15) is 4.79 Å². The summed E-state index contributed by atoms with van der Waals surface area (Å²) in [6.07, 6.45) is 10.3. The lowest BCUT2D eigenvalue weighted by Gasteiger charge is -2.10. The van der Waals surface area contributed by atoms with Crippen LogP contribution in [0.25, 0.3) is 16.8 Å². The second kappa shape index (κ2) is 8.02. The number of nitrogens with one attached hydrogen (secondary N) is 2. The summed E-state index contributed by atoms with van der Waals surface area (Å²) in [5, 5.41) is 5.75. The zero-order valence-corrected chi connectivity index (χ0v) is 16.9. The van der Waals surface area contributed by atoms with Crippen LogP contribution in [0, 0.1) is 0 Å². The lowest BCUT2D eigenvalue weighted by molar-refractivity contribution is -0.105. The fraction of sp³-hybridized carbons (Fsp3) is 0.227. The molecule has 0 atom stereocenters. The molecule has 2 N–H and O–H groups in total. The fourth-order valence-corrected chi connectivity index (χ4v) is 3.63. The molecule has 4 aromatic heterocycles. The van der Waals surface area contributed by atoms with Gasteiger partial charge in [0.05, 0.1) is 19.3 Å². The van der Waals surface area contributed by atoms with E-state index in [2.05, 4.69) is 42.2 Å². The zero-order valence-electron chi connectivity index (χ0n) is 16.9. The molecular formula is C22H21N7O2. The monoisotopic (exact) mass is 415 g/mol. The van der Waals surface area contributed by atoms with Crippen LogP contribution in [-0.2, 0) is 11.3 Å². The van der Waals surface area contributed by atoms with E-state index in [0.717, 1.165) is 22.5 Å². The summed E-state index contributed by atoms with van der Waals surface area (Å²) in [5.41, 5.74) is 4.92. The minimum Gasteiger partial charge on any atom is -0.481 e. The van der Waals surface area contributed by atoms with E-state index in [4.69, 9.17) is 9.72 Å². The number of carbonyl (C=O) groups is 1. The van der Waals surface area contributed by atoms with Crippen molar-refractivity contribution in [2.24, 2.45) is 0 Å². The molecule has 0 unspecified atom stereocenters. The van der Waals surface area contributed by atoms with Gasteiger partial charge in [0.25, 0.3) is 0 Å². The average Bonchev–Trinajstić information content (AvgIpc) is 3.57. The number of fused-ring (bicyclic) bond motifs is 1. The number of ether oxygens (including phenoxy) is 1. The Morgan fingerprint density at radius 1 is 1.16 bits per heavy atom. The SMILES string of the molecule is COc1ncccc1-c1cc(C2CC2)cn2cc(CNc3cc(NC=O)ncn3)nc12. The highest BCUT2D eigenvalue weighted by Crippen LogP contribution is 2.42. The van der Waals surface area contributed by atoms with Crippen molar-refractivity contribution in [2.45, 2.75) is 25.3 Å². The third kappa shape index (κ3) is 3.89. The maximum Gasteiger partial charge on any atom is 0.221 e. The van der Waals surface area contributed by atoms with Crippen LogP contribution < -0.4 is 15.4 Å². The summed E-state index contributed by atoms with van der Waals surface area (Å²) in [6.45, 7) is 0.474. The van der Waals surface area contributed by atoms with Crippen LogP contribution >= 0.6 is 0 Å². The molecule has 0 bridgehead atoms. The number of aromatic nitrogens is 5. The van der Waals surface area contributed by atoms with Crippen molar-refractivity contribution in [2.75, 3.05) is 17.7 Å². The quantitative estimate of drug-likeness (QED) is 0.426. The van der Waals surface area contributed by atoms with Gasteiger partial charge in [-0.2, -0.15) is 0 Å². The number of methoxy groups -OCH3 is 1. The molecule has 4 aromatic rings. The summed E-state index contributed by atoms with van der Waals surface area (Å²) < 4.78 is 7.58. The molecular weight excluding hydrogens is 394 g/mol. The van der Waals surface area contributed by atoms with E-state index in [1.54, 1.807) is 19.4 Å². The van der Waals surface area contributed by atoms with Crippen molar-refractivity contribution in [1.82, 2.24) is 24.3 Å². The number of imidazole rings is 1. The highest BCUT2D eigenvalue weighted by atomic mass is 16.5. The number of amides is 1. The Morgan fingerprint density at radius 2 is 2.03 bits per heavy atom. The number of nitrogens with zero attached hydrogens (tertiary/aromatic N) is 5. The maximum atomic E-state index is 10.6. The zero-order chi connectivity index (χ0) is 21.2. The molecule has 156 valence electrons. The van der Waals surface area contributed by atoms with E-state index in [1.807, 2.05) is 18.3 Å². The second-order valence-corrected chi connectivity index (χ2v) is 7.39. The molecule has 0 aliphatic heterocycles. The molecule has 1 fully saturated rings. The fourth-order valence-electron chi connectivity index (χ4n) is 3.63. The second-order valence-electron chi connectivity index (χ2n) is 7.39. The van der Waals surface area contributed by atoms with E-state index in [-0.39, 0.29) is 0 Å². The minimum absolute atomic E-state index is 0.433. The van der Waals surface area contributed by atoms with Gasteiger partial charge in [0.1, 0.15) is 23.6 Å². The highest BCUT2D eigenvalue weighted by molar-refractivity contribution is 5.81. The van der Waals surface area contributed by atoms with E-state index >= 15 is 0 Å². The summed E-state index contributed by atoms with van der Waals surface area (Å²) in [4.78, 5) is 28.0. The average molecular weight is 415 g/mol. The van der Waals surface area contributed by atoms with Gasteiger partial charge in [0.15, 0.2) is 0 Å². The molecule has 1 amide bonds. The predicted octanol–water partition coefficient (Wildman–Crippen LogP) is 3.25. The first-order chi connectivity index (χ1) is 15.2. The molecule has 1 saturated carbocycles. The third-order valence-electron chi connectivity index (χ3n) is 5.25. The molecule has 9 heteroatoms. The van der Waals surface area contributed by atoms with Gasteiger partial charge in [-0.25, -0.2) is 19.9 Å². The van der Waals surface area contributed by atoms with Crippen molar-refractivity contribution < 1.29 is 9.53 Å². The van der Waals surface area contributed by atoms with Crippen LogP contribution in [0.15, 0.2) is 49.2 Å². The summed E-state index contributed by atoms with van der Waals surface area (Å²) in [5.74, 6) is 2.21. The first-order valence-electron chi connectivity index (χ1n) is 10.0. The molecule has 5 rings (SSSR count). The number of hydrogen-bond donors (Lipinski definition) is 2. The molecule has 31 heavy (non-hydrogen) atoms. The number of hydrogen-bond acceptors (Lipinski definition) is 7. The van der Waals surface area contributed by atoms with E-state index in [0.29, 0.717) is 36.4 Å². The lowest BCUT2D eigenvalue weighted by atomic mass is 10.0. The van der Waals surface area contributed by atoms with Crippen molar-refractivity contribution in [3.63, 3.8) is 0 Å². The van der Waals surface area contributed by atoms with Gasteiger partial charge >= 0.3 is 0 Å². The van der Waals surface area contributed by atoms with Crippen molar-refractivity contribution in [1.29, 1.82) is 0 Å². The van der Waals surface area contributed by atoms with Gasteiger partial charge < -0.3 is 19.8 Å². The maximum absolute atomic E-state index is 10.6. The molecule has 0 aromatic carbocycles. The molecule has 0 radical (unpaired) electrons. The molecule has 1 aliphatic carbocycles. The largest absolute Gasteiger partial charge is 0.481 e. The normalized spacial score (nSPS) is 13.2. The molecule has 0 saturated heterocycles. The number of anilines is 2. The van der Waals surface area contributed by atoms with Crippen LogP contribution in [0.5, 0.6) is 5.88 Å². The van der Waals surface area contributed by atoms with E-state index < -0.39 is 0 Å². The Labute approximate surface area is 178 Å². The third-order valence-corrected chi connectivity index (χ3v) is 5.25. The first kappa shape index (κ1) is 19.0. The topological polar surface area (TPSA) is 106 Å². The number of pyridine rings is 2. The molecule has 0 spiro atoms. The Balaban J connectivity index is 1.50. The first-order valence-corrected chi connectivity index (χ1v) is 10.0. The highest BCUT2D eigenvalue weighted by Gasteiger charge is 2.26. The predicted molar refractivity (Wildman–Crippen MR) is 116 cm³/mol. The molecule has 1 aliphatic rings. The molecule has 4 heterocycles. The Hall–Kier alpha value is -4.01. The summed E-state index contributed by atoms with van der Waals surface area (Å²) in [6, 6.07) is 7.79. The van der Waals surface area contributed by atoms with Gasteiger partial charge in [-0.1, -0.05) is 0 Å². The Kier molecular flexibility index (Phi) is 4.91. The Morgan fingerprint density at radius 3 is 2.84 bits per heavy atom. The minimum atomic E-state index is 0.433. The van der Waals surface area contributed by atoms with Crippen LogP contribution in [-0.4, -0.2) is 37.9 Å². The summed E-state index contributed by atoms with van der Waals surface area (Å²) >= 11 is 0. The standard InChI is InChI=1S/C22H21N7O2/c1-31-22-17(3-2-6-23-22)18-7-15(14-4-5-14)10-29-11-16(28-21(18)29)9-24-19-8-20(27-13-30)26-12-25-19/h2-3,6-8,10-14H,4-5,9H2,1H3,(H2,24,25,26,27,30). The van der Waals surface area contributed by atoms with Crippen molar-refractivity contribution in [3.8, 4) is 17.0 Å².